The summed E-state index contributed by atoms with van der Waals surface area (Å²) < 4.78 is 12.7. The zero-order valence-electron chi connectivity index (χ0n) is 10.6. The lowest BCUT2D eigenvalue weighted by atomic mass is 10.3. The number of aromatic carboxylic acids is 1. The van der Waals surface area contributed by atoms with Crippen molar-refractivity contribution >= 4 is 21.9 Å². The molecule has 3 aromatic heterocycles. The predicted octanol–water partition coefficient (Wildman–Crippen LogP) is 1.74. The standard InChI is InChI=1S/C11H8BrN5O4/c1-5-9(11(18)19)14-16-17(5)4-8-13-15-10(21-8)6-2-3-7(12)20-6/h2-3H,4H2,1H3,(H,18,19). The van der Waals surface area contributed by atoms with Crippen molar-refractivity contribution in [1.82, 2.24) is 25.2 Å². The molecular formula is C11H8BrN5O4. The summed E-state index contributed by atoms with van der Waals surface area (Å²) in [7, 11) is 0. The molecule has 108 valence electrons. The number of carboxylic acid groups (broad SMARTS) is 1. The van der Waals surface area contributed by atoms with Gasteiger partial charge in [0.05, 0.1) is 5.69 Å². The fraction of sp³-hybridized carbons (Fsp3) is 0.182. The molecule has 0 radical (unpaired) electrons. The Kier molecular flexibility index (Phi) is 3.29. The smallest absolute Gasteiger partial charge is 0.358 e. The van der Waals surface area contributed by atoms with Crippen LogP contribution in [0.3, 0.4) is 0 Å². The molecule has 0 aromatic carbocycles. The van der Waals surface area contributed by atoms with Crippen LogP contribution in [0.2, 0.25) is 0 Å². The molecular weight excluding hydrogens is 346 g/mol. The highest BCUT2D eigenvalue weighted by atomic mass is 79.9. The number of halogens is 1. The maximum absolute atomic E-state index is 10.9. The van der Waals surface area contributed by atoms with Crippen LogP contribution in [0.1, 0.15) is 22.1 Å². The molecule has 9 nitrogen and oxygen atoms in total. The first-order chi connectivity index (χ1) is 10.0. The van der Waals surface area contributed by atoms with Gasteiger partial charge in [-0.25, -0.2) is 9.48 Å². The SMILES string of the molecule is Cc1c(C(=O)O)nnn1Cc1nnc(-c2ccc(Br)o2)o1. The van der Waals surface area contributed by atoms with Crippen LogP contribution in [-0.2, 0) is 6.54 Å². The van der Waals surface area contributed by atoms with E-state index < -0.39 is 5.97 Å². The van der Waals surface area contributed by atoms with E-state index in [1.807, 2.05) is 0 Å². The van der Waals surface area contributed by atoms with E-state index in [2.05, 4.69) is 36.4 Å². The molecule has 0 bridgehead atoms. The van der Waals surface area contributed by atoms with Gasteiger partial charge >= 0.3 is 5.97 Å². The first-order valence-corrected chi connectivity index (χ1v) is 6.55. The van der Waals surface area contributed by atoms with Gasteiger partial charge in [-0.15, -0.1) is 15.3 Å². The maximum Gasteiger partial charge on any atom is 0.358 e. The van der Waals surface area contributed by atoms with Crippen LogP contribution in [0, 0.1) is 6.92 Å². The van der Waals surface area contributed by atoms with Gasteiger partial charge in [-0.1, -0.05) is 5.21 Å². The summed E-state index contributed by atoms with van der Waals surface area (Å²) in [5, 5.41) is 24.0. The van der Waals surface area contributed by atoms with Gasteiger partial charge in [-0.2, -0.15) is 0 Å². The summed E-state index contributed by atoms with van der Waals surface area (Å²) in [5.41, 5.74) is 0.299. The number of aromatic nitrogens is 5. The van der Waals surface area contributed by atoms with E-state index in [9.17, 15) is 4.79 Å². The third kappa shape index (κ3) is 2.57. The molecule has 0 unspecified atom stereocenters. The summed E-state index contributed by atoms with van der Waals surface area (Å²) in [6.07, 6.45) is 0. The third-order valence-electron chi connectivity index (χ3n) is 2.72. The summed E-state index contributed by atoms with van der Waals surface area (Å²) in [5.74, 6) is -0.207. The molecule has 0 atom stereocenters. The molecule has 0 aliphatic rings. The Morgan fingerprint density at radius 2 is 2.14 bits per heavy atom. The number of rotatable bonds is 4. The number of carbonyl (C=O) groups is 1. The molecule has 0 amide bonds. The van der Waals surface area contributed by atoms with Crippen molar-refractivity contribution in [3.63, 3.8) is 0 Å². The fourth-order valence-corrected chi connectivity index (χ4v) is 1.99. The van der Waals surface area contributed by atoms with Gasteiger partial charge in [-0.05, 0) is 35.0 Å². The van der Waals surface area contributed by atoms with E-state index in [0.29, 0.717) is 16.1 Å². The van der Waals surface area contributed by atoms with Crippen LogP contribution in [0.15, 0.2) is 25.6 Å². The van der Waals surface area contributed by atoms with Crippen LogP contribution in [0.25, 0.3) is 11.7 Å². The second kappa shape index (κ2) is 5.13. The maximum atomic E-state index is 10.9. The Labute approximate surface area is 125 Å². The van der Waals surface area contributed by atoms with Crippen LogP contribution in [0.5, 0.6) is 0 Å². The van der Waals surface area contributed by atoms with Crippen LogP contribution in [0.4, 0.5) is 0 Å². The summed E-state index contributed by atoms with van der Waals surface area (Å²) >= 11 is 3.18. The topological polar surface area (TPSA) is 120 Å². The molecule has 0 spiro atoms. The Balaban J connectivity index is 1.83. The second-order valence-corrected chi connectivity index (χ2v) is 4.87. The summed E-state index contributed by atoms with van der Waals surface area (Å²) in [6, 6.07) is 3.39. The minimum atomic E-state index is -1.13. The zero-order valence-corrected chi connectivity index (χ0v) is 12.2. The van der Waals surface area contributed by atoms with E-state index in [1.54, 1.807) is 19.1 Å². The number of hydrogen-bond donors (Lipinski definition) is 1. The fourth-order valence-electron chi connectivity index (χ4n) is 1.68. The first-order valence-electron chi connectivity index (χ1n) is 5.76. The van der Waals surface area contributed by atoms with Crippen molar-refractivity contribution in [3.05, 3.63) is 34.1 Å². The first kappa shape index (κ1) is 13.5. The van der Waals surface area contributed by atoms with Gasteiger partial charge < -0.3 is 13.9 Å². The van der Waals surface area contributed by atoms with Crippen LogP contribution in [-0.4, -0.2) is 36.3 Å². The molecule has 10 heteroatoms. The van der Waals surface area contributed by atoms with Gasteiger partial charge in [0.25, 0.3) is 5.89 Å². The molecule has 1 N–H and O–H groups in total. The highest BCUT2D eigenvalue weighted by Crippen LogP contribution is 2.23. The van der Waals surface area contributed by atoms with E-state index in [0.717, 1.165) is 0 Å². The summed E-state index contributed by atoms with van der Waals surface area (Å²) in [6.45, 7) is 1.73. The molecule has 0 aliphatic heterocycles. The molecule has 0 saturated heterocycles. The summed E-state index contributed by atoms with van der Waals surface area (Å²) in [4.78, 5) is 10.9. The predicted molar refractivity (Wildman–Crippen MR) is 70.5 cm³/mol. The monoisotopic (exact) mass is 353 g/mol. The number of nitrogens with zero attached hydrogens (tertiary/aromatic N) is 5. The van der Waals surface area contributed by atoms with E-state index in [4.69, 9.17) is 13.9 Å². The zero-order chi connectivity index (χ0) is 15.0. The van der Waals surface area contributed by atoms with E-state index in [-0.39, 0.29) is 24.0 Å². The number of hydrogen-bond acceptors (Lipinski definition) is 7. The Morgan fingerprint density at radius 3 is 2.76 bits per heavy atom. The lowest BCUT2D eigenvalue weighted by Crippen LogP contribution is -2.06. The average Bonchev–Trinajstić information content (AvgIpc) is 3.12. The Hall–Kier alpha value is -2.49. The molecule has 0 fully saturated rings. The normalized spacial score (nSPS) is 11.0. The van der Waals surface area contributed by atoms with Crippen molar-refractivity contribution in [2.45, 2.75) is 13.5 Å². The highest BCUT2D eigenvalue weighted by Gasteiger charge is 2.18. The average molecular weight is 354 g/mol. The number of carboxylic acids is 1. The van der Waals surface area contributed by atoms with Gasteiger partial charge in [0, 0.05) is 0 Å². The van der Waals surface area contributed by atoms with E-state index >= 15 is 0 Å². The van der Waals surface area contributed by atoms with Gasteiger partial charge in [0.15, 0.2) is 16.1 Å². The molecule has 3 rings (SSSR count). The third-order valence-corrected chi connectivity index (χ3v) is 3.15. The van der Waals surface area contributed by atoms with Crippen LogP contribution < -0.4 is 0 Å². The molecule has 0 aliphatic carbocycles. The van der Waals surface area contributed by atoms with Crippen molar-refractivity contribution in [1.29, 1.82) is 0 Å². The Morgan fingerprint density at radius 1 is 1.33 bits per heavy atom. The molecule has 21 heavy (non-hydrogen) atoms. The van der Waals surface area contributed by atoms with Crippen molar-refractivity contribution < 1.29 is 18.7 Å². The highest BCUT2D eigenvalue weighted by molar-refractivity contribution is 9.10. The van der Waals surface area contributed by atoms with Crippen molar-refractivity contribution in [2.24, 2.45) is 0 Å². The van der Waals surface area contributed by atoms with Crippen molar-refractivity contribution in [2.75, 3.05) is 0 Å². The minimum absolute atomic E-state index is 0.107. The van der Waals surface area contributed by atoms with Gasteiger partial charge in [0.2, 0.25) is 5.89 Å². The quantitative estimate of drug-likeness (QED) is 0.752. The lowest BCUT2D eigenvalue weighted by Gasteiger charge is -1.98. The largest absolute Gasteiger partial charge is 0.476 e. The molecule has 3 aromatic rings. The molecule has 0 saturated carbocycles. The number of furan rings is 1. The Bertz CT molecular complexity index is 805. The van der Waals surface area contributed by atoms with Crippen LogP contribution >= 0.6 is 15.9 Å². The van der Waals surface area contributed by atoms with Crippen molar-refractivity contribution in [3.8, 4) is 11.7 Å². The van der Waals surface area contributed by atoms with Gasteiger partial charge in [0.1, 0.15) is 6.54 Å². The molecule has 3 heterocycles. The lowest BCUT2D eigenvalue weighted by molar-refractivity contribution is 0.0689. The minimum Gasteiger partial charge on any atom is -0.476 e. The van der Waals surface area contributed by atoms with E-state index in [1.165, 1.54) is 4.68 Å². The second-order valence-electron chi connectivity index (χ2n) is 4.09. The van der Waals surface area contributed by atoms with Gasteiger partial charge in [-0.3, -0.25) is 0 Å².